The lowest BCUT2D eigenvalue weighted by Gasteiger charge is -2.08. The Morgan fingerprint density at radius 2 is 2.27 bits per heavy atom. The van der Waals surface area contributed by atoms with Gasteiger partial charge in [0, 0.05) is 0 Å². The molecule has 0 aromatic carbocycles. The van der Waals surface area contributed by atoms with Crippen molar-refractivity contribution in [1.82, 2.24) is 9.78 Å². The SMILES string of the molecule is COc1c(F)[c]nn1C(C)C. The van der Waals surface area contributed by atoms with Gasteiger partial charge in [0.2, 0.25) is 11.7 Å². The van der Waals surface area contributed by atoms with Crippen molar-refractivity contribution in [3.05, 3.63) is 12.0 Å². The van der Waals surface area contributed by atoms with E-state index in [1.54, 1.807) is 0 Å². The van der Waals surface area contributed by atoms with Gasteiger partial charge < -0.3 is 4.74 Å². The van der Waals surface area contributed by atoms with E-state index in [-0.39, 0.29) is 11.9 Å². The van der Waals surface area contributed by atoms with Crippen LogP contribution in [0.1, 0.15) is 19.9 Å². The van der Waals surface area contributed by atoms with Crippen molar-refractivity contribution in [3.8, 4) is 5.88 Å². The first kappa shape index (κ1) is 8.04. The summed E-state index contributed by atoms with van der Waals surface area (Å²) in [4.78, 5) is 0. The second-order valence-corrected chi connectivity index (χ2v) is 2.47. The number of aromatic nitrogens is 2. The summed E-state index contributed by atoms with van der Waals surface area (Å²) >= 11 is 0. The maximum Gasteiger partial charge on any atom is 0.249 e. The van der Waals surface area contributed by atoms with Gasteiger partial charge in [-0.05, 0) is 13.8 Å². The van der Waals surface area contributed by atoms with Crippen LogP contribution in [0.25, 0.3) is 0 Å². The van der Waals surface area contributed by atoms with Crippen molar-refractivity contribution in [2.75, 3.05) is 7.11 Å². The van der Waals surface area contributed by atoms with Crippen LogP contribution in [0.15, 0.2) is 0 Å². The third-order valence-corrected chi connectivity index (χ3v) is 1.33. The lowest BCUT2D eigenvalue weighted by molar-refractivity contribution is 0.328. The van der Waals surface area contributed by atoms with Gasteiger partial charge >= 0.3 is 0 Å². The van der Waals surface area contributed by atoms with E-state index < -0.39 is 5.82 Å². The number of methoxy groups -OCH3 is 1. The average Bonchev–Trinajstić information content (AvgIpc) is 2.30. The van der Waals surface area contributed by atoms with Gasteiger partial charge in [-0.3, -0.25) is 0 Å². The average molecular weight is 157 g/mol. The lowest BCUT2D eigenvalue weighted by atomic mass is 10.4. The fourth-order valence-electron chi connectivity index (χ4n) is 0.825. The van der Waals surface area contributed by atoms with Gasteiger partial charge in [-0.1, -0.05) is 0 Å². The topological polar surface area (TPSA) is 27.1 Å². The standard InChI is InChI=1S/C7H10FN2O/c1-5(2)10-7(11-3)6(8)4-9-10/h5H,1-3H3. The summed E-state index contributed by atoms with van der Waals surface area (Å²) < 4.78 is 18.9. The summed E-state index contributed by atoms with van der Waals surface area (Å²) in [6.07, 6.45) is 2.19. The zero-order valence-electron chi connectivity index (χ0n) is 6.76. The van der Waals surface area contributed by atoms with Crippen LogP contribution in [0.5, 0.6) is 5.88 Å². The summed E-state index contributed by atoms with van der Waals surface area (Å²) in [6.45, 7) is 3.78. The maximum atomic E-state index is 12.7. The van der Waals surface area contributed by atoms with Crippen molar-refractivity contribution in [2.45, 2.75) is 19.9 Å². The Kier molecular flexibility index (Phi) is 2.12. The van der Waals surface area contributed by atoms with Crippen LogP contribution in [0.4, 0.5) is 4.39 Å². The molecule has 0 fully saturated rings. The molecule has 0 aliphatic rings. The van der Waals surface area contributed by atoms with Crippen LogP contribution >= 0.6 is 0 Å². The minimum atomic E-state index is -0.541. The van der Waals surface area contributed by atoms with Crippen LogP contribution in [-0.2, 0) is 0 Å². The Morgan fingerprint density at radius 1 is 1.64 bits per heavy atom. The first-order chi connectivity index (χ1) is 5.16. The molecule has 1 radical (unpaired) electrons. The van der Waals surface area contributed by atoms with E-state index in [0.717, 1.165) is 0 Å². The number of hydrogen-bond acceptors (Lipinski definition) is 2. The van der Waals surface area contributed by atoms with E-state index in [2.05, 4.69) is 11.3 Å². The summed E-state index contributed by atoms with van der Waals surface area (Å²) in [5.41, 5.74) is 0. The highest BCUT2D eigenvalue weighted by molar-refractivity contribution is 5.10. The van der Waals surface area contributed by atoms with E-state index in [4.69, 9.17) is 4.74 Å². The third kappa shape index (κ3) is 1.34. The van der Waals surface area contributed by atoms with Gasteiger partial charge in [0.25, 0.3) is 0 Å². The summed E-state index contributed by atoms with van der Waals surface area (Å²) in [5.74, 6) is -0.402. The zero-order chi connectivity index (χ0) is 8.43. The molecular formula is C7H10FN2O. The molecule has 0 atom stereocenters. The Hall–Kier alpha value is -1.06. The fourth-order valence-corrected chi connectivity index (χ4v) is 0.825. The molecule has 0 saturated carbocycles. The molecule has 0 bridgehead atoms. The van der Waals surface area contributed by atoms with Crippen LogP contribution in [-0.4, -0.2) is 16.9 Å². The highest BCUT2D eigenvalue weighted by Gasteiger charge is 2.12. The second kappa shape index (κ2) is 2.90. The molecule has 0 N–H and O–H groups in total. The summed E-state index contributed by atoms with van der Waals surface area (Å²) in [7, 11) is 1.41. The fraction of sp³-hybridized carbons (Fsp3) is 0.571. The second-order valence-electron chi connectivity index (χ2n) is 2.47. The molecule has 1 aromatic rings. The van der Waals surface area contributed by atoms with Crippen molar-refractivity contribution in [2.24, 2.45) is 0 Å². The lowest BCUT2D eigenvalue weighted by Crippen LogP contribution is -2.05. The van der Waals surface area contributed by atoms with Crippen molar-refractivity contribution >= 4 is 0 Å². The molecule has 0 unspecified atom stereocenters. The predicted molar refractivity (Wildman–Crippen MR) is 38.0 cm³/mol. The van der Waals surface area contributed by atoms with Gasteiger partial charge in [-0.25, -0.2) is 4.68 Å². The van der Waals surface area contributed by atoms with Crippen molar-refractivity contribution < 1.29 is 9.13 Å². The summed E-state index contributed by atoms with van der Waals surface area (Å²) in [6, 6.07) is 0.0886. The van der Waals surface area contributed by atoms with Crippen LogP contribution in [0, 0.1) is 12.0 Å². The van der Waals surface area contributed by atoms with Gasteiger partial charge in [0.15, 0.2) is 6.20 Å². The minimum Gasteiger partial charge on any atom is -0.479 e. The molecule has 0 saturated heterocycles. The molecule has 4 heteroatoms. The maximum absolute atomic E-state index is 12.7. The molecular weight excluding hydrogens is 147 g/mol. The van der Waals surface area contributed by atoms with Crippen LogP contribution in [0.2, 0.25) is 0 Å². The monoisotopic (exact) mass is 157 g/mol. The zero-order valence-corrected chi connectivity index (χ0v) is 6.76. The molecule has 0 amide bonds. The van der Waals surface area contributed by atoms with E-state index in [1.807, 2.05) is 13.8 Å². The number of ether oxygens (including phenoxy) is 1. The summed E-state index contributed by atoms with van der Waals surface area (Å²) in [5, 5.41) is 3.68. The molecule has 3 nitrogen and oxygen atoms in total. The Morgan fingerprint density at radius 3 is 2.64 bits per heavy atom. The first-order valence-corrected chi connectivity index (χ1v) is 3.36. The number of rotatable bonds is 2. The molecule has 11 heavy (non-hydrogen) atoms. The smallest absolute Gasteiger partial charge is 0.249 e. The molecule has 0 spiro atoms. The van der Waals surface area contributed by atoms with Crippen molar-refractivity contribution in [3.63, 3.8) is 0 Å². The molecule has 61 valence electrons. The normalized spacial score (nSPS) is 10.6. The van der Waals surface area contributed by atoms with Crippen LogP contribution in [0.3, 0.4) is 0 Å². The number of nitrogens with zero attached hydrogens (tertiary/aromatic N) is 2. The van der Waals surface area contributed by atoms with E-state index in [9.17, 15) is 4.39 Å². The number of hydrogen-bond donors (Lipinski definition) is 0. The first-order valence-electron chi connectivity index (χ1n) is 3.36. The van der Waals surface area contributed by atoms with E-state index >= 15 is 0 Å². The van der Waals surface area contributed by atoms with E-state index in [0.29, 0.717) is 0 Å². The van der Waals surface area contributed by atoms with Gasteiger partial charge in [0.05, 0.1) is 13.2 Å². The molecule has 0 aliphatic heterocycles. The Bertz CT molecular complexity index is 245. The minimum absolute atomic E-state index is 0.0886. The predicted octanol–water partition coefficient (Wildman–Crippen LogP) is 1.41. The molecule has 1 heterocycles. The highest BCUT2D eigenvalue weighted by atomic mass is 19.1. The van der Waals surface area contributed by atoms with Crippen LogP contribution < -0.4 is 4.74 Å². The largest absolute Gasteiger partial charge is 0.479 e. The third-order valence-electron chi connectivity index (χ3n) is 1.33. The van der Waals surface area contributed by atoms with E-state index in [1.165, 1.54) is 11.8 Å². The quantitative estimate of drug-likeness (QED) is 0.649. The molecule has 0 aliphatic carbocycles. The van der Waals surface area contributed by atoms with Crippen molar-refractivity contribution in [1.29, 1.82) is 0 Å². The highest BCUT2D eigenvalue weighted by Crippen LogP contribution is 2.18. The van der Waals surface area contributed by atoms with Gasteiger partial charge in [-0.2, -0.15) is 9.49 Å². The molecule has 1 aromatic heterocycles. The Labute approximate surface area is 64.8 Å². The van der Waals surface area contributed by atoms with Gasteiger partial charge in [0.1, 0.15) is 0 Å². The van der Waals surface area contributed by atoms with Gasteiger partial charge in [-0.15, -0.1) is 0 Å². The molecule has 1 rings (SSSR count). The number of halogens is 1. The Balaban J connectivity index is 3.05.